The van der Waals surface area contributed by atoms with Gasteiger partial charge in [0.05, 0.1) is 6.10 Å². The molecule has 0 aliphatic carbocycles. The summed E-state index contributed by atoms with van der Waals surface area (Å²) in [6, 6.07) is 2.07. The highest BCUT2D eigenvalue weighted by atomic mass is 19.1. The molecule has 0 amide bonds. The number of aromatic nitrogens is 1. The van der Waals surface area contributed by atoms with Gasteiger partial charge in [0.15, 0.2) is 11.6 Å². The van der Waals surface area contributed by atoms with Crippen molar-refractivity contribution in [3.05, 3.63) is 23.6 Å². The Balaban J connectivity index is 2.16. The van der Waals surface area contributed by atoms with Crippen molar-refractivity contribution in [3.63, 3.8) is 0 Å². The predicted molar refractivity (Wildman–Crippen MR) is 78.4 cm³/mol. The summed E-state index contributed by atoms with van der Waals surface area (Å²) >= 11 is 0. The molecule has 1 unspecified atom stereocenters. The molecule has 20 heavy (non-hydrogen) atoms. The molecule has 1 aromatic heterocycles. The molecule has 0 bridgehead atoms. The minimum atomic E-state index is -0.213. The standard InChI is InChI=1S/C15H24FN3O/c1-11(2)18-9-13-5-6-17-15(14(13)16)19-7-4-8-20-12(3)10-19/h5-6,11-12,18H,4,7-10H2,1-3H3. The predicted octanol–water partition coefficient (Wildman–Crippen LogP) is 2.33. The maximum absolute atomic E-state index is 14.6. The van der Waals surface area contributed by atoms with Crippen molar-refractivity contribution in [1.82, 2.24) is 10.3 Å². The molecular weight excluding hydrogens is 257 g/mol. The summed E-state index contributed by atoms with van der Waals surface area (Å²) in [5.41, 5.74) is 0.668. The van der Waals surface area contributed by atoms with Crippen molar-refractivity contribution >= 4 is 5.82 Å². The third-order valence-electron chi connectivity index (χ3n) is 3.40. The van der Waals surface area contributed by atoms with Crippen LogP contribution in [0.25, 0.3) is 0 Å². The zero-order valence-corrected chi connectivity index (χ0v) is 12.5. The summed E-state index contributed by atoms with van der Waals surface area (Å²) in [6.45, 7) is 8.84. The molecule has 1 N–H and O–H groups in total. The molecule has 4 nitrogen and oxygen atoms in total. The van der Waals surface area contributed by atoms with Crippen molar-refractivity contribution in [1.29, 1.82) is 0 Å². The summed E-state index contributed by atoms with van der Waals surface area (Å²) in [5.74, 6) is 0.236. The topological polar surface area (TPSA) is 37.4 Å². The zero-order valence-electron chi connectivity index (χ0n) is 12.5. The highest BCUT2D eigenvalue weighted by Crippen LogP contribution is 2.21. The third-order valence-corrected chi connectivity index (χ3v) is 3.40. The maximum Gasteiger partial charge on any atom is 0.170 e. The van der Waals surface area contributed by atoms with Gasteiger partial charge in [-0.1, -0.05) is 13.8 Å². The lowest BCUT2D eigenvalue weighted by atomic mass is 10.2. The van der Waals surface area contributed by atoms with Crippen LogP contribution in [-0.2, 0) is 11.3 Å². The Bertz CT molecular complexity index is 439. The smallest absolute Gasteiger partial charge is 0.170 e. The van der Waals surface area contributed by atoms with Crippen LogP contribution in [0.3, 0.4) is 0 Å². The zero-order chi connectivity index (χ0) is 14.5. The first-order valence-corrected chi connectivity index (χ1v) is 7.31. The molecule has 0 radical (unpaired) electrons. The number of hydrogen-bond acceptors (Lipinski definition) is 4. The van der Waals surface area contributed by atoms with Gasteiger partial charge >= 0.3 is 0 Å². The molecule has 1 aliphatic heterocycles. The number of halogens is 1. The van der Waals surface area contributed by atoms with Gasteiger partial charge < -0.3 is 15.0 Å². The van der Waals surface area contributed by atoms with E-state index in [4.69, 9.17) is 4.74 Å². The monoisotopic (exact) mass is 281 g/mol. The van der Waals surface area contributed by atoms with Crippen LogP contribution in [0.15, 0.2) is 12.3 Å². The van der Waals surface area contributed by atoms with E-state index >= 15 is 0 Å². The molecule has 1 saturated heterocycles. The Morgan fingerprint density at radius 2 is 2.35 bits per heavy atom. The molecule has 1 aliphatic rings. The molecule has 0 aromatic carbocycles. The van der Waals surface area contributed by atoms with E-state index < -0.39 is 0 Å². The van der Waals surface area contributed by atoms with E-state index in [1.165, 1.54) is 0 Å². The van der Waals surface area contributed by atoms with Crippen molar-refractivity contribution in [2.24, 2.45) is 0 Å². The van der Waals surface area contributed by atoms with Crippen molar-refractivity contribution < 1.29 is 9.13 Å². The molecule has 112 valence electrons. The van der Waals surface area contributed by atoms with E-state index in [0.29, 0.717) is 30.5 Å². The van der Waals surface area contributed by atoms with Gasteiger partial charge in [-0.05, 0) is 19.4 Å². The second kappa shape index (κ2) is 6.99. The second-order valence-electron chi connectivity index (χ2n) is 5.62. The van der Waals surface area contributed by atoms with Gasteiger partial charge in [-0.2, -0.15) is 0 Å². The Morgan fingerprint density at radius 3 is 3.10 bits per heavy atom. The van der Waals surface area contributed by atoms with E-state index in [9.17, 15) is 4.39 Å². The molecule has 5 heteroatoms. The molecule has 2 heterocycles. The number of nitrogens with one attached hydrogen (secondary N) is 1. The van der Waals surface area contributed by atoms with Crippen LogP contribution in [0.2, 0.25) is 0 Å². The van der Waals surface area contributed by atoms with Crippen LogP contribution in [0, 0.1) is 5.82 Å². The quantitative estimate of drug-likeness (QED) is 0.919. The van der Waals surface area contributed by atoms with Crippen molar-refractivity contribution in [2.75, 3.05) is 24.6 Å². The first-order valence-electron chi connectivity index (χ1n) is 7.31. The van der Waals surface area contributed by atoms with E-state index in [1.807, 2.05) is 25.7 Å². The van der Waals surface area contributed by atoms with E-state index in [-0.39, 0.29) is 11.9 Å². The number of pyridine rings is 1. The lowest BCUT2D eigenvalue weighted by molar-refractivity contribution is 0.0820. The van der Waals surface area contributed by atoms with Gasteiger partial charge in [-0.15, -0.1) is 0 Å². The number of rotatable bonds is 4. The summed E-state index contributed by atoms with van der Waals surface area (Å²) in [4.78, 5) is 6.23. The Kier molecular flexibility index (Phi) is 5.31. The lowest BCUT2D eigenvalue weighted by Crippen LogP contribution is -2.32. The Labute approximate surface area is 120 Å². The van der Waals surface area contributed by atoms with Gasteiger partial charge in [-0.25, -0.2) is 9.37 Å². The molecule has 0 saturated carbocycles. The number of ether oxygens (including phenoxy) is 1. The Morgan fingerprint density at radius 1 is 1.55 bits per heavy atom. The minimum Gasteiger partial charge on any atom is -0.377 e. The largest absolute Gasteiger partial charge is 0.377 e. The van der Waals surface area contributed by atoms with Crippen LogP contribution in [0.1, 0.15) is 32.8 Å². The highest BCUT2D eigenvalue weighted by molar-refractivity contribution is 5.43. The number of hydrogen-bond donors (Lipinski definition) is 1. The van der Waals surface area contributed by atoms with Gasteiger partial charge in [-0.3, -0.25) is 0 Å². The average molecular weight is 281 g/mol. The molecule has 1 aromatic rings. The maximum atomic E-state index is 14.6. The van der Waals surface area contributed by atoms with Gasteiger partial charge in [0.2, 0.25) is 0 Å². The summed E-state index contributed by atoms with van der Waals surface area (Å²) in [5, 5.41) is 3.24. The van der Waals surface area contributed by atoms with Crippen LogP contribution in [-0.4, -0.2) is 36.8 Å². The number of anilines is 1. The van der Waals surface area contributed by atoms with Crippen molar-refractivity contribution in [2.45, 2.75) is 45.9 Å². The first kappa shape index (κ1) is 15.2. The van der Waals surface area contributed by atoms with Gasteiger partial charge in [0.1, 0.15) is 0 Å². The average Bonchev–Trinajstić information content (AvgIpc) is 2.62. The van der Waals surface area contributed by atoms with Crippen molar-refractivity contribution in [3.8, 4) is 0 Å². The second-order valence-corrected chi connectivity index (χ2v) is 5.62. The van der Waals surface area contributed by atoms with Crippen LogP contribution < -0.4 is 10.2 Å². The Hall–Kier alpha value is -1.20. The van der Waals surface area contributed by atoms with Crippen LogP contribution in [0.5, 0.6) is 0 Å². The van der Waals surface area contributed by atoms with E-state index in [2.05, 4.69) is 10.3 Å². The fraction of sp³-hybridized carbons (Fsp3) is 0.667. The molecule has 1 atom stereocenters. The van der Waals surface area contributed by atoms with Gasteiger partial charge in [0.25, 0.3) is 0 Å². The SMILES string of the molecule is CC(C)NCc1ccnc(N2CCCOC(C)C2)c1F. The van der Waals surface area contributed by atoms with E-state index in [0.717, 1.165) is 19.6 Å². The third kappa shape index (κ3) is 3.90. The molecule has 1 fully saturated rings. The highest BCUT2D eigenvalue weighted by Gasteiger charge is 2.20. The summed E-state index contributed by atoms with van der Waals surface area (Å²) < 4.78 is 20.2. The normalized spacial score (nSPS) is 20.2. The lowest BCUT2D eigenvalue weighted by Gasteiger charge is -2.24. The van der Waals surface area contributed by atoms with Crippen LogP contribution in [0.4, 0.5) is 10.2 Å². The first-order chi connectivity index (χ1) is 9.58. The fourth-order valence-corrected chi connectivity index (χ4v) is 2.33. The summed E-state index contributed by atoms with van der Waals surface area (Å²) in [7, 11) is 0. The van der Waals surface area contributed by atoms with E-state index in [1.54, 1.807) is 12.3 Å². The minimum absolute atomic E-state index is 0.108. The fourth-order valence-electron chi connectivity index (χ4n) is 2.33. The van der Waals surface area contributed by atoms with Gasteiger partial charge in [0, 0.05) is 44.0 Å². The number of nitrogens with zero attached hydrogens (tertiary/aromatic N) is 2. The van der Waals surface area contributed by atoms with Crippen LogP contribution >= 0.6 is 0 Å². The molecule has 0 spiro atoms. The molecule has 2 rings (SSSR count). The summed E-state index contributed by atoms with van der Waals surface area (Å²) in [6.07, 6.45) is 2.70. The molecular formula is C15H24FN3O.